The summed E-state index contributed by atoms with van der Waals surface area (Å²) in [4.78, 5) is 12.8. The number of nitro groups is 1. The first-order chi connectivity index (χ1) is 8.61. The first-order valence-electron chi connectivity index (χ1n) is 5.89. The number of nitro benzene ring substituents is 1. The van der Waals surface area contributed by atoms with E-state index in [0.29, 0.717) is 16.6 Å². The van der Waals surface area contributed by atoms with Crippen molar-refractivity contribution >= 4 is 21.6 Å². The SMILES string of the molecule is O=[N+]([O-])c1cc(Br)ccc1CN1CCC[C@H]1CO. The van der Waals surface area contributed by atoms with Gasteiger partial charge in [-0.05, 0) is 31.5 Å². The minimum Gasteiger partial charge on any atom is -0.395 e. The van der Waals surface area contributed by atoms with Gasteiger partial charge in [0.15, 0.2) is 0 Å². The van der Waals surface area contributed by atoms with Gasteiger partial charge >= 0.3 is 0 Å². The molecule has 5 nitrogen and oxygen atoms in total. The predicted octanol–water partition coefficient (Wildman–Crippen LogP) is 2.31. The average Bonchev–Trinajstić information content (AvgIpc) is 2.78. The standard InChI is InChI=1S/C12H15BrN2O3/c13-10-4-3-9(12(6-10)15(17)18)7-14-5-1-2-11(14)8-16/h3-4,6,11,16H,1-2,5,7-8H2/t11-/m0/s1. The Morgan fingerprint density at radius 2 is 2.33 bits per heavy atom. The Morgan fingerprint density at radius 3 is 3.00 bits per heavy atom. The maximum atomic E-state index is 11.0. The van der Waals surface area contributed by atoms with Crippen molar-refractivity contribution in [2.75, 3.05) is 13.2 Å². The van der Waals surface area contributed by atoms with Gasteiger partial charge in [0.2, 0.25) is 0 Å². The number of aliphatic hydroxyl groups is 1. The summed E-state index contributed by atoms with van der Waals surface area (Å²) in [5, 5.41) is 20.3. The Bertz CT molecular complexity index is 453. The van der Waals surface area contributed by atoms with E-state index >= 15 is 0 Å². The Kier molecular flexibility index (Phi) is 4.31. The highest BCUT2D eigenvalue weighted by molar-refractivity contribution is 9.10. The quantitative estimate of drug-likeness (QED) is 0.684. The Hall–Kier alpha value is -0.980. The summed E-state index contributed by atoms with van der Waals surface area (Å²) in [6.07, 6.45) is 2.00. The van der Waals surface area contributed by atoms with Gasteiger partial charge in [-0.25, -0.2) is 0 Å². The zero-order valence-electron chi connectivity index (χ0n) is 9.88. The second-order valence-electron chi connectivity index (χ2n) is 4.48. The monoisotopic (exact) mass is 314 g/mol. The summed E-state index contributed by atoms with van der Waals surface area (Å²) in [6.45, 7) is 1.53. The molecule has 0 spiro atoms. The molecule has 1 saturated heterocycles. The molecule has 1 atom stereocenters. The molecule has 1 aliphatic heterocycles. The highest BCUT2D eigenvalue weighted by Crippen LogP contribution is 2.27. The van der Waals surface area contributed by atoms with Gasteiger partial charge in [-0.15, -0.1) is 0 Å². The van der Waals surface area contributed by atoms with E-state index in [4.69, 9.17) is 0 Å². The average molecular weight is 315 g/mol. The number of benzene rings is 1. The first kappa shape index (κ1) is 13.5. The molecule has 0 saturated carbocycles. The number of hydrogen-bond acceptors (Lipinski definition) is 4. The number of hydrogen-bond donors (Lipinski definition) is 1. The predicted molar refractivity (Wildman–Crippen MR) is 71.3 cm³/mol. The highest BCUT2D eigenvalue weighted by atomic mass is 79.9. The van der Waals surface area contributed by atoms with Gasteiger partial charge < -0.3 is 5.11 Å². The largest absolute Gasteiger partial charge is 0.395 e. The van der Waals surface area contributed by atoms with Crippen molar-refractivity contribution in [2.24, 2.45) is 0 Å². The van der Waals surface area contributed by atoms with Gasteiger partial charge in [-0.3, -0.25) is 15.0 Å². The van der Waals surface area contributed by atoms with Crippen LogP contribution in [0.3, 0.4) is 0 Å². The fourth-order valence-electron chi connectivity index (χ4n) is 2.37. The second kappa shape index (κ2) is 5.77. The van der Waals surface area contributed by atoms with Crippen molar-refractivity contribution in [1.29, 1.82) is 0 Å². The van der Waals surface area contributed by atoms with Crippen LogP contribution in [0.5, 0.6) is 0 Å². The fourth-order valence-corrected chi connectivity index (χ4v) is 2.72. The third-order valence-electron chi connectivity index (χ3n) is 3.33. The van der Waals surface area contributed by atoms with Crippen LogP contribution in [0.2, 0.25) is 0 Å². The molecule has 0 aromatic heterocycles. The van der Waals surface area contributed by atoms with Crippen LogP contribution in [0.25, 0.3) is 0 Å². The van der Waals surface area contributed by atoms with Crippen molar-refractivity contribution in [2.45, 2.75) is 25.4 Å². The van der Waals surface area contributed by atoms with E-state index in [2.05, 4.69) is 20.8 Å². The molecule has 18 heavy (non-hydrogen) atoms. The third-order valence-corrected chi connectivity index (χ3v) is 3.82. The van der Waals surface area contributed by atoms with Crippen molar-refractivity contribution in [3.05, 3.63) is 38.3 Å². The zero-order valence-corrected chi connectivity index (χ0v) is 11.5. The van der Waals surface area contributed by atoms with Crippen LogP contribution < -0.4 is 0 Å². The number of aliphatic hydroxyl groups excluding tert-OH is 1. The molecule has 1 aromatic rings. The zero-order chi connectivity index (χ0) is 13.1. The van der Waals surface area contributed by atoms with Crippen molar-refractivity contribution in [3.8, 4) is 0 Å². The minimum atomic E-state index is -0.357. The van der Waals surface area contributed by atoms with Crippen LogP contribution in [-0.2, 0) is 6.54 Å². The Morgan fingerprint density at radius 1 is 1.56 bits per heavy atom. The maximum absolute atomic E-state index is 11.0. The Labute approximate surface area is 114 Å². The molecule has 0 unspecified atom stereocenters. The highest BCUT2D eigenvalue weighted by Gasteiger charge is 2.26. The summed E-state index contributed by atoms with van der Waals surface area (Å²) in [5.74, 6) is 0. The lowest BCUT2D eigenvalue weighted by Gasteiger charge is -2.22. The van der Waals surface area contributed by atoms with E-state index in [1.54, 1.807) is 6.07 Å². The van der Waals surface area contributed by atoms with E-state index in [9.17, 15) is 15.2 Å². The van der Waals surface area contributed by atoms with Crippen LogP contribution >= 0.6 is 15.9 Å². The molecular weight excluding hydrogens is 300 g/mol. The molecule has 0 aliphatic carbocycles. The molecule has 1 fully saturated rings. The third kappa shape index (κ3) is 2.88. The smallest absolute Gasteiger partial charge is 0.275 e. The lowest BCUT2D eigenvalue weighted by molar-refractivity contribution is -0.385. The van der Waals surface area contributed by atoms with E-state index in [0.717, 1.165) is 19.4 Å². The second-order valence-corrected chi connectivity index (χ2v) is 5.39. The lowest BCUT2D eigenvalue weighted by atomic mass is 10.1. The maximum Gasteiger partial charge on any atom is 0.275 e. The van der Waals surface area contributed by atoms with Crippen molar-refractivity contribution in [3.63, 3.8) is 0 Å². The number of nitrogens with zero attached hydrogens (tertiary/aromatic N) is 2. The van der Waals surface area contributed by atoms with Gasteiger partial charge in [-0.1, -0.05) is 15.9 Å². The molecule has 1 aromatic carbocycles. The summed E-state index contributed by atoms with van der Waals surface area (Å²) < 4.78 is 0.707. The lowest BCUT2D eigenvalue weighted by Crippen LogP contribution is -2.31. The summed E-state index contributed by atoms with van der Waals surface area (Å²) >= 11 is 3.24. The summed E-state index contributed by atoms with van der Waals surface area (Å²) in [6, 6.07) is 5.24. The van der Waals surface area contributed by atoms with Gasteiger partial charge in [0, 0.05) is 28.7 Å². The number of likely N-dealkylation sites (tertiary alicyclic amines) is 1. The molecule has 0 radical (unpaired) electrons. The van der Waals surface area contributed by atoms with Crippen LogP contribution in [0.15, 0.2) is 22.7 Å². The van der Waals surface area contributed by atoms with Crippen LogP contribution in [0, 0.1) is 10.1 Å². The van der Waals surface area contributed by atoms with Gasteiger partial charge in [0.1, 0.15) is 0 Å². The van der Waals surface area contributed by atoms with E-state index in [-0.39, 0.29) is 23.3 Å². The van der Waals surface area contributed by atoms with Gasteiger partial charge in [-0.2, -0.15) is 0 Å². The molecular formula is C12H15BrN2O3. The molecule has 0 amide bonds. The topological polar surface area (TPSA) is 66.6 Å². The Balaban J connectivity index is 2.20. The van der Waals surface area contributed by atoms with E-state index < -0.39 is 0 Å². The molecule has 98 valence electrons. The first-order valence-corrected chi connectivity index (χ1v) is 6.69. The van der Waals surface area contributed by atoms with E-state index in [1.165, 1.54) is 6.07 Å². The molecule has 6 heteroatoms. The molecule has 1 aliphatic rings. The van der Waals surface area contributed by atoms with Crippen molar-refractivity contribution in [1.82, 2.24) is 4.90 Å². The number of halogens is 1. The summed E-state index contributed by atoms with van der Waals surface area (Å²) in [7, 11) is 0. The van der Waals surface area contributed by atoms with Gasteiger partial charge in [0.05, 0.1) is 11.5 Å². The number of rotatable bonds is 4. The van der Waals surface area contributed by atoms with Crippen molar-refractivity contribution < 1.29 is 10.0 Å². The van der Waals surface area contributed by atoms with Crippen LogP contribution in [0.1, 0.15) is 18.4 Å². The fraction of sp³-hybridized carbons (Fsp3) is 0.500. The van der Waals surface area contributed by atoms with E-state index in [1.807, 2.05) is 6.07 Å². The minimum absolute atomic E-state index is 0.115. The summed E-state index contributed by atoms with van der Waals surface area (Å²) in [5.41, 5.74) is 0.830. The van der Waals surface area contributed by atoms with Crippen LogP contribution in [0.4, 0.5) is 5.69 Å². The molecule has 0 bridgehead atoms. The molecule has 2 rings (SSSR count). The molecule has 1 N–H and O–H groups in total. The molecule has 1 heterocycles. The van der Waals surface area contributed by atoms with Crippen LogP contribution in [-0.4, -0.2) is 34.1 Å². The normalized spacial score (nSPS) is 20.2. The van der Waals surface area contributed by atoms with Gasteiger partial charge in [0.25, 0.3) is 5.69 Å².